The summed E-state index contributed by atoms with van der Waals surface area (Å²) in [4.78, 5) is 6.81. The molecule has 1 aromatic heterocycles. The number of aromatic nitrogens is 2. The standard InChI is InChI=1S/C16H18FN3O/c17-13-5-2-1-4-12(13)10-20-9-3-6-14(20)15-18-16(21-19-15)11-7-8-11/h1-2,4-5,11,14H,3,6-10H2/t14-/m0/s1. The summed E-state index contributed by atoms with van der Waals surface area (Å²) in [5.41, 5.74) is 0.732. The molecule has 1 atom stereocenters. The van der Waals surface area contributed by atoms with Crippen LogP contribution in [0.15, 0.2) is 28.8 Å². The number of rotatable bonds is 4. The first-order chi connectivity index (χ1) is 10.3. The summed E-state index contributed by atoms with van der Waals surface area (Å²) in [6.07, 6.45) is 4.42. The second-order valence-corrected chi connectivity index (χ2v) is 5.98. The number of halogens is 1. The minimum absolute atomic E-state index is 0.144. The van der Waals surface area contributed by atoms with Crippen molar-refractivity contribution >= 4 is 0 Å². The highest BCUT2D eigenvalue weighted by Gasteiger charge is 2.34. The van der Waals surface area contributed by atoms with E-state index in [9.17, 15) is 4.39 Å². The third-order valence-corrected chi connectivity index (χ3v) is 4.38. The van der Waals surface area contributed by atoms with Crippen LogP contribution in [0.25, 0.3) is 0 Å². The fourth-order valence-corrected chi connectivity index (χ4v) is 3.03. The van der Waals surface area contributed by atoms with Gasteiger partial charge in [-0.25, -0.2) is 4.39 Å². The fraction of sp³-hybridized carbons (Fsp3) is 0.500. The minimum atomic E-state index is -0.144. The lowest BCUT2D eigenvalue weighted by molar-refractivity contribution is 0.231. The number of hydrogen-bond donors (Lipinski definition) is 0. The van der Waals surface area contributed by atoms with Crippen LogP contribution >= 0.6 is 0 Å². The molecule has 1 saturated carbocycles. The quantitative estimate of drug-likeness (QED) is 0.864. The molecule has 1 aliphatic carbocycles. The van der Waals surface area contributed by atoms with E-state index in [1.54, 1.807) is 6.07 Å². The smallest absolute Gasteiger partial charge is 0.229 e. The molecule has 2 aliphatic rings. The highest BCUT2D eigenvalue weighted by atomic mass is 19.1. The van der Waals surface area contributed by atoms with E-state index in [0.29, 0.717) is 12.5 Å². The lowest BCUT2D eigenvalue weighted by atomic mass is 10.1. The van der Waals surface area contributed by atoms with Crippen LogP contribution in [0.1, 0.15) is 54.9 Å². The summed E-state index contributed by atoms with van der Waals surface area (Å²) in [6.45, 7) is 1.55. The molecule has 0 N–H and O–H groups in total. The largest absolute Gasteiger partial charge is 0.339 e. The number of nitrogens with zero attached hydrogens (tertiary/aromatic N) is 3. The first-order valence-corrected chi connectivity index (χ1v) is 7.62. The lowest BCUT2D eigenvalue weighted by Crippen LogP contribution is -2.24. The Morgan fingerprint density at radius 3 is 2.90 bits per heavy atom. The third kappa shape index (κ3) is 2.58. The summed E-state index contributed by atoms with van der Waals surface area (Å²) >= 11 is 0. The molecule has 0 radical (unpaired) electrons. The predicted octanol–water partition coefficient (Wildman–Crippen LogP) is 3.42. The molecule has 4 nitrogen and oxygen atoms in total. The highest BCUT2D eigenvalue weighted by molar-refractivity contribution is 5.18. The maximum absolute atomic E-state index is 13.8. The van der Waals surface area contributed by atoms with Crippen LogP contribution in [0.3, 0.4) is 0 Å². The summed E-state index contributed by atoms with van der Waals surface area (Å²) in [6, 6.07) is 7.11. The molecule has 2 aromatic rings. The molecule has 0 spiro atoms. The Morgan fingerprint density at radius 1 is 1.24 bits per heavy atom. The second-order valence-electron chi connectivity index (χ2n) is 5.98. The van der Waals surface area contributed by atoms with Gasteiger partial charge in [-0.15, -0.1) is 0 Å². The van der Waals surface area contributed by atoms with Crippen LogP contribution in [-0.2, 0) is 6.54 Å². The van der Waals surface area contributed by atoms with Gasteiger partial charge in [-0.05, 0) is 38.3 Å². The Kier molecular flexibility index (Phi) is 3.22. The normalized spacial score (nSPS) is 22.8. The van der Waals surface area contributed by atoms with Crippen LogP contribution in [0.4, 0.5) is 4.39 Å². The monoisotopic (exact) mass is 287 g/mol. The van der Waals surface area contributed by atoms with Crippen molar-refractivity contribution < 1.29 is 8.91 Å². The van der Waals surface area contributed by atoms with Gasteiger partial charge in [0.15, 0.2) is 5.82 Å². The van der Waals surface area contributed by atoms with E-state index in [1.807, 2.05) is 12.1 Å². The molecule has 1 aromatic carbocycles. The van der Waals surface area contributed by atoms with Gasteiger partial charge in [0.2, 0.25) is 5.89 Å². The topological polar surface area (TPSA) is 42.2 Å². The molecule has 5 heteroatoms. The van der Waals surface area contributed by atoms with Crippen molar-refractivity contribution in [3.05, 3.63) is 47.4 Å². The van der Waals surface area contributed by atoms with Crippen LogP contribution in [0.5, 0.6) is 0 Å². The van der Waals surface area contributed by atoms with Gasteiger partial charge in [-0.1, -0.05) is 23.4 Å². The lowest BCUT2D eigenvalue weighted by Gasteiger charge is -2.22. The Balaban J connectivity index is 1.52. The first kappa shape index (κ1) is 13.0. The van der Waals surface area contributed by atoms with Crippen molar-refractivity contribution in [2.75, 3.05) is 6.54 Å². The van der Waals surface area contributed by atoms with E-state index in [-0.39, 0.29) is 11.9 Å². The molecule has 1 saturated heterocycles. The van der Waals surface area contributed by atoms with Gasteiger partial charge in [-0.2, -0.15) is 4.98 Å². The van der Waals surface area contributed by atoms with Crippen LogP contribution in [0, 0.1) is 5.82 Å². The van der Waals surface area contributed by atoms with Crippen molar-refractivity contribution in [2.45, 2.75) is 44.2 Å². The summed E-state index contributed by atoms with van der Waals surface area (Å²) in [5, 5.41) is 4.15. The second kappa shape index (κ2) is 5.22. The predicted molar refractivity (Wildman–Crippen MR) is 75.1 cm³/mol. The van der Waals surface area contributed by atoms with Crippen molar-refractivity contribution in [2.24, 2.45) is 0 Å². The summed E-state index contributed by atoms with van der Waals surface area (Å²) in [5.74, 6) is 1.89. The van der Waals surface area contributed by atoms with Crippen molar-refractivity contribution in [1.82, 2.24) is 15.0 Å². The minimum Gasteiger partial charge on any atom is -0.339 e. The van der Waals surface area contributed by atoms with Gasteiger partial charge in [0.25, 0.3) is 0 Å². The summed E-state index contributed by atoms with van der Waals surface area (Å²) < 4.78 is 19.2. The number of likely N-dealkylation sites (tertiary alicyclic amines) is 1. The number of benzene rings is 1. The summed E-state index contributed by atoms with van der Waals surface area (Å²) in [7, 11) is 0. The molecule has 0 unspecified atom stereocenters. The Labute approximate surface area is 123 Å². The third-order valence-electron chi connectivity index (χ3n) is 4.38. The Morgan fingerprint density at radius 2 is 2.10 bits per heavy atom. The maximum atomic E-state index is 13.8. The van der Waals surface area contributed by atoms with E-state index < -0.39 is 0 Å². The van der Waals surface area contributed by atoms with E-state index in [2.05, 4.69) is 15.0 Å². The van der Waals surface area contributed by atoms with Gasteiger partial charge in [0.05, 0.1) is 6.04 Å². The number of hydrogen-bond acceptors (Lipinski definition) is 4. The molecule has 110 valence electrons. The average molecular weight is 287 g/mol. The molecular formula is C16H18FN3O. The highest BCUT2D eigenvalue weighted by Crippen LogP contribution is 2.40. The first-order valence-electron chi connectivity index (χ1n) is 7.62. The van der Waals surface area contributed by atoms with Crippen molar-refractivity contribution in [1.29, 1.82) is 0 Å². The molecule has 0 amide bonds. The van der Waals surface area contributed by atoms with Gasteiger partial charge < -0.3 is 4.52 Å². The molecule has 0 bridgehead atoms. The van der Waals surface area contributed by atoms with Crippen molar-refractivity contribution in [3.8, 4) is 0 Å². The molecule has 2 fully saturated rings. The van der Waals surface area contributed by atoms with E-state index in [1.165, 1.54) is 6.07 Å². The zero-order chi connectivity index (χ0) is 14.2. The van der Waals surface area contributed by atoms with Crippen molar-refractivity contribution in [3.63, 3.8) is 0 Å². The van der Waals surface area contributed by atoms with Gasteiger partial charge >= 0.3 is 0 Å². The average Bonchev–Trinajstić information content (AvgIpc) is 3.05. The molecular weight excluding hydrogens is 269 g/mol. The SMILES string of the molecule is Fc1ccccc1CN1CCC[C@H]1c1noc(C2CC2)n1. The van der Waals surface area contributed by atoms with Gasteiger partial charge in [0, 0.05) is 18.0 Å². The van der Waals surface area contributed by atoms with Crippen LogP contribution in [0.2, 0.25) is 0 Å². The van der Waals surface area contributed by atoms with E-state index in [4.69, 9.17) is 4.52 Å². The van der Waals surface area contributed by atoms with E-state index in [0.717, 1.165) is 49.5 Å². The maximum Gasteiger partial charge on any atom is 0.229 e. The zero-order valence-corrected chi connectivity index (χ0v) is 11.8. The van der Waals surface area contributed by atoms with Crippen LogP contribution < -0.4 is 0 Å². The fourth-order valence-electron chi connectivity index (χ4n) is 3.03. The molecule has 4 rings (SSSR count). The van der Waals surface area contributed by atoms with Gasteiger partial charge in [-0.3, -0.25) is 4.90 Å². The Bertz CT molecular complexity index is 638. The molecule has 1 aliphatic heterocycles. The molecule has 2 heterocycles. The van der Waals surface area contributed by atoms with Crippen LogP contribution in [-0.4, -0.2) is 21.6 Å². The van der Waals surface area contributed by atoms with E-state index >= 15 is 0 Å². The van der Waals surface area contributed by atoms with Gasteiger partial charge in [0.1, 0.15) is 5.82 Å². The Hall–Kier alpha value is -1.75. The molecule has 21 heavy (non-hydrogen) atoms. The zero-order valence-electron chi connectivity index (χ0n) is 11.8.